The molecule has 1 amide bonds. The number of ether oxygens (including phenoxy) is 2. The Morgan fingerprint density at radius 2 is 1.92 bits per heavy atom. The fraction of sp³-hybridized carbons (Fsp3) is 0.471. The Kier molecular flexibility index (Phi) is 5.11. The standard InChI is InChI=1S/C17H21NO6/c1-4-24-16(22)17(15(20)21)14(9-10-18(17)11(2)19)12-5-7-13(23-3)8-6-12/h5-8,14H,4,9-10H2,1-3H3,(H,20,21). The van der Waals surface area contributed by atoms with Gasteiger partial charge in [0.1, 0.15) is 5.75 Å². The number of carboxylic acid groups (broad SMARTS) is 1. The van der Waals surface area contributed by atoms with Crippen molar-refractivity contribution in [3.05, 3.63) is 29.8 Å². The van der Waals surface area contributed by atoms with Crippen molar-refractivity contribution in [2.45, 2.75) is 31.7 Å². The fourth-order valence-corrected chi connectivity index (χ4v) is 3.33. The summed E-state index contributed by atoms with van der Waals surface area (Å²) in [6.07, 6.45) is 0.358. The van der Waals surface area contributed by atoms with Crippen LogP contribution in [0.5, 0.6) is 5.75 Å². The van der Waals surface area contributed by atoms with Gasteiger partial charge in [-0.1, -0.05) is 12.1 Å². The van der Waals surface area contributed by atoms with E-state index in [-0.39, 0.29) is 13.2 Å². The number of carbonyl (C=O) groups excluding carboxylic acids is 2. The minimum absolute atomic E-state index is 0.0366. The van der Waals surface area contributed by atoms with Gasteiger partial charge in [-0.25, -0.2) is 9.59 Å². The highest BCUT2D eigenvalue weighted by Gasteiger charge is 2.63. The summed E-state index contributed by atoms with van der Waals surface area (Å²) in [6, 6.07) is 6.82. The van der Waals surface area contributed by atoms with Crippen LogP contribution in [0.15, 0.2) is 24.3 Å². The van der Waals surface area contributed by atoms with E-state index < -0.39 is 29.3 Å². The van der Waals surface area contributed by atoms with Crippen LogP contribution in [0.25, 0.3) is 0 Å². The predicted octanol–water partition coefficient (Wildman–Crippen LogP) is 1.42. The van der Waals surface area contributed by atoms with E-state index in [2.05, 4.69) is 0 Å². The third-order valence-corrected chi connectivity index (χ3v) is 4.38. The van der Waals surface area contributed by atoms with Crippen LogP contribution >= 0.6 is 0 Å². The van der Waals surface area contributed by atoms with Crippen LogP contribution in [-0.2, 0) is 19.1 Å². The molecule has 0 spiro atoms. The molecule has 2 atom stereocenters. The van der Waals surface area contributed by atoms with Gasteiger partial charge in [-0.2, -0.15) is 0 Å². The van der Waals surface area contributed by atoms with E-state index in [0.29, 0.717) is 17.7 Å². The molecule has 1 aliphatic rings. The number of aliphatic carboxylic acids is 1. The monoisotopic (exact) mass is 335 g/mol. The molecule has 0 bridgehead atoms. The van der Waals surface area contributed by atoms with Crippen LogP contribution in [0.1, 0.15) is 31.7 Å². The average Bonchev–Trinajstić information content (AvgIpc) is 2.96. The number of carbonyl (C=O) groups is 3. The number of esters is 1. The number of likely N-dealkylation sites (tertiary alicyclic amines) is 1. The maximum absolute atomic E-state index is 12.6. The summed E-state index contributed by atoms with van der Waals surface area (Å²) in [5.74, 6) is -2.83. The van der Waals surface area contributed by atoms with Crippen molar-refractivity contribution in [3.63, 3.8) is 0 Å². The van der Waals surface area contributed by atoms with Crippen LogP contribution in [0.3, 0.4) is 0 Å². The molecule has 2 rings (SSSR count). The zero-order valence-corrected chi connectivity index (χ0v) is 13.9. The molecule has 0 aromatic heterocycles. The smallest absolute Gasteiger partial charge is 0.344 e. The van der Waals surface area contributed by atoms with E-state index in [4.69, 9.17) is 9.47 Å². The second-order valence-corrected chi connectivity index (χ2v) is 5.58. The zero-order chi connectivity index (χ0) is 17.9. The largest absolute Gasteiger partial charge is 0.497 e. The number of nitrogens with zero attached hydrogens (tertiary/aromatic N) is 1. The molecule has 0 radical (unpaired) electrons. The molecular formula is C17H21NO6. The molecule has 7 heteroatoms. The molecule has 24 heavy (non-hydrogen) atoms. The van der Waals surface area contributed by atoms with Gasteiger partial charge in [-0.15, -0.1) is 0 Å². The fourth-order valence-electron chi connectivity index (χ4n) is 3.33. The molecule has 1 saturated heterocycles. The Balaban J connectivity index is 2.56. The highest BCUT2D eigenvalue weighted by atomic mass is 16.5. The first kappa shape index (κ1) is 17.8. The van der Waals surface area contributed by atoms with Crippen LogP contribution in [0, 0.1) is 0 Å². The summed E-state index contributed by atoms with van der Waals surface area (Å²) in [4.78, 5) is 37.8. The first-order chi connectivity index (χ1) is 11.4. The lowest BCUT2D eigenvalue weighted by Crippen LogP contribution is -2.61. The zero-order valence-electron chi connectivity index (χ0n) is 13.9. The van der Waals surface area contributed by atoms with Gasteiger partial charge in [0.25, 0.3) is 0 Å². The Hall–Kier alpha value is -2.57. The van der Waals surface area contributed by atoms with Crippen LogP contribution < -0.4 is 4.74 Å². The van der Waals surface area contributed by atoms with Crippen LogP contribution in [-0.4, -0.2) is 53.7 Å². The summed E-state index contributed by atoms with van der Waals surface area (Å²) in [5, 5.41) is 9.89. The number of benzene rings is 1. The van der Waals surface area contributed by atoms with E-state index in [1.165, 1.54) is 14.0 Å². The van der Waals surface area contributed by atoms with E-state index >= 15 is 0 Å². The maximum atomic E-state index is 12.6. The van der Waals surface area contributed by atoms with Gasteiger partial charge in [0.15, 0.2) is 0 Å². The van der Waals surface area contributed by atoms with Crippen molar-refractivity contribution in [1.29, 1.82) is 0 Å². The van der Waals surface area contributed by atoms with Crippen molar-refractivity contribution in [3.8, 4) is 5.75 Å². The second kappa shape index (κ2) is 6.90. The van der Waals surface area contributed by atoms with E-state index in [0.717, 1.165) is 4.90 Å². The average molecular weight is 335 g/mol. The van der Waals surface area contributed by atoms with E-state index in [9.17, 15) is 19.5 Å². The highest BCUT2D eigenvalue weighted by Crippen LogP contribution is 2.44. The Morgan fingerprint density at radius 3 is 2.38 bits per heavy atom. The van der Waals surface area contributed by atoms with Gasteiger partial charge in [-0.3, -0.25) is 4.79 Å². The van der Waals surface area contributed by atoms with E-state index in [1.807, 2.05) is 0 Å². The van der Waals surface area contributed by atoms with Gasteiger partial charge in [0.05, 0.1) is 13.7 Å². The molecule has 1 N–H and O–H groups in total. The third-order valence-electron chi connectivity index (χ3n) is 4.38. The second-order valence-electron chi connectivity index (χ2n) is 5.58. The van der Waals surface area contributed by atoms with Crippen molar-refractivity contribution in [1.82, 2.24) is 4.90 Å². The number of rotatable bonds is 5. The Bertz CT molecular complexity index is 641. The number of carboxylic acids is 1. The third kappa shape index (κ3) is 2.70. The molecule has 1 aromatic rings. The van der Waals surface area contributed by atoms with E-state index in [1.54, 1.807) is 31.2 Å². The molecule has 0 saturated carbocycles. The lowest BCUT2D eigenvalue weighted by molar-refractivity contribution is -0.174. The normalized spacial score (nSPS) is 23.0. The molecular weight excluding hydrogens is 314 g/mol. The molecule has 7 nitrogen and oxygen atoms in total. The van der Waals surface area contributed by atoms with Gasteiger partial charge in [0.2, 0.25) is 11.4 Å². The van der Waals surface area contributed by atoms with Gasteiger partial charge in [-0.05, 0) is 31.0 Å². The van der Waals surface area contributed by atoms with Gasteiger partial charge in [0, 0.05) is 19.4 Å². The van der Waals surface area contributed by atoms with Crippen molar-refractivity contribution in [2.75, 3.05) is 20.3 Å². The maximum Gasteiger partial charge on any atom is 0.344 e. The Labute approximate surface area is 140 Å². The quantitative estimate of drug-likeness (QED) is 0.646. The van der Waals surface area contributed by atoms with Crippen molar-refractivity contribution < 1.29 is 29.0 Å². The first-order valence-corrected chi connectivity index (χ1v) is 7.72. The lowest BCUT2D eigenvalue weighted by Gasteiger charge is -2.35. The van der Waals surface area contributed by atoms with Crippen molar-refractivity contribution in [2.24, 2.45) is 0 Å². The number of hydrogen-bond acceptors (Lipinski definition) is 5. The number of hydrogen-bond donors (Lipinski definition) is 1. The summed E-state index contributed by atoms with van der Waals surface area (Å²) < 4.78 is 10.1. The minimum Gasteiger partial charge on any atom is -0.497 e. The molecule has 0 aliphatic carbocycles. The lowest BCUT2D eigenvalue weighted by atomic mass is 9.79. The predicted molar refractivity (Wildman–Crippen MR) is 84.7 cm³/mol. The Morgan fingerprint density at radius 1 is 1.29 bits per heavy atom. The SMILES string of the molecule is CCOC(=O)C1(C(=O)O)C(c2ccc(OC)cc2)CCN1C(C)=O. The number of methoxy groups -OCH3 is 1. The minimum atomic E-state index is -2.05. The molecule has 2 unspecified atom stereocenters. The number of amides is 1. The van der Waals surface area contributed by atoms with Crippen molar-refractivity contribution >= 4 is 17.8 Å². The molecule has 130 valence electrons. The summed E-state index contributed by atoms with van der Waals surface area (Å²) in [7, 11) is 1.53. The first-order valence-electron chi connectivity index (χ1n) is 7.72. The van der Waals surface area contributed by atoms with Gasteiger partial charge < -0.3 is 19.5 Å². The van der Waals surface area contributed by atoms with Crippen LogP contribution in [0.2, 0.25) is 0 Å². The summed E-state index contributed by atoms with van der Waals surface area (Å²) >= 11 is 0. The topological polar surface area (TPSA) is 93.1 Å². The molecule has 1 fully saturated rings. The van der Waals surface area contributed by atoms with Crippen LogP contribution in [0.4, 0.5) is 0 Å². The van der Waals surface area contributed by atoms with Gasteiger partial charge >= 0.3 is 11.9 Å². The molecule has 1 aliphatic heterocycles. The molecule has 1 heterocycles. The highest BCUT2D eigenvalue weighted by molar-refractivity contribution is 6.08. The summed E-state index contributed by atoms with van der Waals surface area (Å²) in [6.45, 7) is 3.07. The summed E-state index contributed by atoms with van der Waals surface area (Å²) in [5.41, 5.74) is -1.40. The molecule has 1 aromatic carbocycles.